The number of likely N-dealkylation sites (tertiary alicyclic amines) is 1. The summed E-state index contributed by atoms with van der Waals surface area (Å²) in [7, 11) is -3.41. The highest BCUT2D eigenvalue weighted by Crippen LogP contribution is 2.36. The summed E-state index contributed by atoms with van der Waals surface area (Å²) in [5.74, 6) is 0.896. The zero-order valence-electron chi connectivity index (χ0n) is 22.0. The second kappa shape index (κ2) is 9.53. The number of amides is 1. The van der Waals surface area contributed by atoms with Crippen molar-refractivity contribution in [1.82, 2.24) is 19.5 Å². The Morgan fingerprint density at radius 3 is 2.63 bits per heavy atom. The van der Waals surface area contributed by atoms with Crippen molar-refractivity contribution in [2.75, 3.05) is 41.1 Å². The lowest BCUT2D eigenvalue weighted by atomic mass is 9.97. The van der Waals surface area contributed by atoms with E-state index in [1.807, 2.05) is 43.1 Å². The van der Waals surface area contributed by atoms with E-state index in [9.17, 15) is 13.2 Å². The maximum absolute atomic E-state index is 14.1. The van der Waals surface area contributed by atoms with E-state index in [4.69, 9.17) is 15.8 Å². The van der Waals surface area contributed by atoms with Crippen LogP contribution in [-0.2, 0) is 10.0 Å². The van der Waals surface area contributed by atoms with Crippen molar-refractivity contribution in [3.63, 3.8) is 0 Å². The average Bonchev–Trinajstić information content (AvgIpc) is 3.60. The van der Waals surface area contributed by atoms with Gasteiger partial charge in [-0.2, -0.15) is 5.10 Å². The number of nitrogens with two attached hydrogens (primary N) is 1. The van der Waals surface area contributed by atoms with Gasteiger partial charge in [-0.15, -0.1) is 0 Å². The van der Waals surface area contributed by atoms with Crippen LogP contribution in [0, 0.1) is 13.8 Å². The van der Waals surface area contributed by atoms with Gasteiger partial charge in [0.25, 0.3) is 5.91 Å². The Balaban J connectivity index is 1.35. The number of carbonyl (C=O) groups excluding carboxylic acids is 1. The molecule has 2 atom stereocenters. The van der Waals surface area contributed by atoms with E-state index >= 15 is 0 Å². The van der Waals surface area contributed by atoms with Crippen molar-refractivity contribution < 1.29 is 13.2 Å². The molecule has 5 heterocycles. The highest BCUT2D eigenvalue weighted by atomic mass is 32.2. The smallest absolute Gasteiger partial charge is 0.256 e. The average molecular weight is 538 g/mol. The molecule has 0 bridgehead atoms. The van der Waals surface area contributed by atoms with Crippen molar-refractivity contribution in [2.45, 2.75) is 58.0 Å². The number of benzene rings is 1. The minimum absolute atomic E-state index is 0.111. The molecule has 0 aliphatic carbocycles. The summed E-state index contributed by atoms with van der Waals surface area (Å²) in [5, 5.41) is 4.86. The number of aromatic nitrogens is 3. The Morgan fingerprint density at radius 2 is 1.89 bits per heavy atom. The Hall–Kier alpha value is -3.18. The van der Waals surface area contributed by atoms with Crippen LogP contribution in [0.4, 0.5) is 11.5 Å². The number of carbonyl (C=O) groups is 1. The van der Waals surface area contributed by atoms with Gasteiger partial charge in [0.2, 0.25) is 10.0 Å². The van der Waals surface area contributed by atoms with Gasteiger partial charge in [0, 0.05) is 50.0 Å². The number of fused-ring (bicyclic) bond motifs is 1. The van der Waals surface area contributed by atoms with Gasteiger partial charge < -0.3 is 15.5 Å². The summed E-state index contributed by atoms with van der Waals surface area (Å²) in [4.78, 5) is 23.1. The fraction of sp³-hybridized carbons (Fsp3) is 0.519. The van der Waals surface area contributed by atoms with Crippen LogP contribution in [-0.4, -0.2) is 71.8 Å². The monoisotopic (exact) mass is 537 g/mol. The summed E-state index contributed by atoms with van der Waals surface area (Å²) < 4.78 is 28.7. The van der Waals surface area contributed by atoms with Crippen molar-refractivity contribution in [2.24, 2.45) is 5.73 Å². The molecular weight excluding hydrogens is 502 g/mol. The van der Waals surface area contributed by atoms with E-state index in [0.29, 0.717) is 30.8 Å². The predicted molar refractivity (Wildman–Crippen MR) is 147 cm³/mol. The van der Waals surface area contributed by atoms with E-state index in [0.717, 1.165) is 67.1 Å². The second-order valence-electron chi connectivity index (χ2n) is 10.9. The van der Waals surface area contributed by atoms with E-state index in [1.165, 1.54) is 4.31 Å². The van der Waals surface area contributed by atoms with Crippen LogP contribution >= 0.6 is 0 Å². The molecule has 0 spiro atoms. The molecule has 3 fully saturated rings. The van der Waals surface area contributed by atoms with E-state index in [2.05, 4.69) is 4.90 Å². The molecule has 0 saturated carbocycles. The molecule has 11 heteroatoms. The lowest BCUT2D eigenvalue weighted by Crippen LogP contribution is -2.39. The van der Waals surface area contributed by atoms with Crippen LogP contribution < -0.4 is 14.9 Å². The van der Waals surface area contributed by atoms with Crippen LogP contribution in [0.3, 0.4) is 0 Å². The van der Waals surface area contributed by atoms with Gasteiger partial charge in [0.05, 0.1) is 28.7 Å². The first kappa shape index (κ1) is 25.1. The normalized spacial score (nSPS) is 23.5. The van der Waals surface area contributed by atoms with Crippen LogP contribution in [0.1, 0.15) is 65.3 Å². The fourth-order valence-corrected chi connectivity index (χ4v) is 7.65. The van der Waals surface area contributed by atoms with Crippen LogP contribution in [0.2, 0.25) is 0 Å². The summed E-state index contributed by atoms with van der Waals surface area (Å²) in [6.07, 6.45) is 6.20. The molecule has 1 amide bonds. The number of aryl methyl sites for hydroxylation is 2. The first-order valence-electron chi connectivity index (χ1n) is 13.5. The van der Waals surface area contributed by atoms with E-state index in [-0.39, 0.29) is 23.7 Å². The minimum Gasteiger partial charge on any atom is -0.355 e. The zero-order valence-corrected chi connectivity index (χ0v) is 22.8. The molecule has 6 rings (SSSR count). The number of sulfonamides is 1. The van der Waals surface area contributed by atoms with Crippen LogP contribution in [0.25, 0.3) is 5.65 Å². The molecule has 3 aliphatic rings. The topological polar surface area (TPSA) is 117 Å². The number of hydrogen-bond donors (Lipinski definition) is 1. The standard InChI is InChI=1S/C27H35N7O3S/c1-18-7-8-23(34-11-5-13-38(34,36)37)21(14-18)27(35)32-10-4-3-6-24(32)22-15-25-29-26(19(2)16-33(25)30-22)31-12-9-20(28)17-31/h7-8,14-16,20,24H,3-6,9-13,17,28H2,1-2H3/t20-,24+/m0/s1. The summed E-state index contributed by atoms with van der Waals surface area (Å²) in [6, 6.07) is 7.40. The number of nitrogens with zero attached hydrogens (tertiary/aromatic N) is 6. The van der Waals surface area contributed by atoms with Gasteiger partial charge in [0.1, 0.15) is 5.82 Å². The van der Waals surface area contributed by atoms with Gasteiger partial charge in [-0.1, -0.05) is 11.6 Å². The number of piperidine rings is 1. The molecular formula is C27H35N7O3S. The number of anilines is 2. The van der Waals surface area contributed by atoms with Crippen molar-refractivity contribution in [3.05, 3.63) is 52.8 Å². The molecule has 2 N–H and O–H groups in total. The molecule has 0 radical (unpaired) electrons. The molecule has 1 aromatic carbocycles. The molecule has 3 aliphatic heterocycles. The number of hydrogen-bond acceptors (Lipinski definition) is 7. The molecule has 38 heavy (non-hydrogen) atoms. The molecule has 0 unspecified atom stereocenters. The fourth-order valence-electron chi connectivity index (χ4n) is 6.07. The molecule has 202 valence electrons. The van der Waals surface area contributed by atoms with E-state index in [1.54, 1.807) is 10.6 Å². The summed E-state index contributed by atoms with van der Waals surface area (Å²) in [6.45, 7) is 6.64. The lowest BCUT2D eigenvalue weighted by molar-refractivity contribution is 0.0606. The van der Waals surface area contributed by atoms with Gasteiger partial charge in [-0.05, 0) is 58.1 Å². The molecule has 10 nitrogen and oxygen atoms in total. The van der Waals surface area contributed by atoms with Gasteiger partial charge in [-0.3, -0.25) is 9.10 Å². The Labute approximate surface area is 223 Å². The first-order chi connectivity index (χ1) is 18.2. The Bertz CT molecular complexity index is 1500. The van der Waals surface area contributed by atoms with Crippen LogP contribution in [0.15, 0.2) is 30.5 Å². The maximum atomic E-state index is 14.1. The zero-order chi connectivity index (χ0) is 26.6. The van der Waals surface area contributed by atoms with Crippen molar-refractivity contribution in [1.29, 1.82) is 0 Å². The molecule has 2 aromatic heterocycles. The lowest BCUT2D eigenvalue weighted by Gasteiger charge is -2.35. The SMILES string of the molecule is Cc1ccc(N2CCCS2(=O)=O)c(C(=O)N2CCCC[C@@H]2c2cc3nc(N4CC[C@H](N)C4)c(C)cn3n2)c1. The van der Waals surface area contributed by atoms with Gasteiger partial charge in [-0.25, -0.2) is 17.9 Å². The highest BCUT2D eigenvalue weighted by Gasteiger charge is 2.36. The maximum Gasteiger partial charge on any atom is 0.256 e. The highest BCUT2D eigenvalue weighted by molar-refractivity contribution is 7.93. The molecule has 3 aromatic rings. The largest absolute Gasteiger partial charge is 0.355 e. The van der Waals surface area contributed by atoms with Gasteiger partial charge in [0.15, 0.2) is 5.65 Å². The molecule has 3 saturated heterocycles. The second-order valence-corrected chi connectivity index (χ2v) is 12.9. The minimum atomic E-state index is -3.41. The Kier molecular flexibility index (Phi) is 6.30. The number of rotatable bonds is 4. The summed E-state index contributed by atoms with van der Waals surface area (Å²) in [5.41, 5.74) is 10.6. The first-order valence-corrected chi connectivity index (χ1v) is 15.1. The van der Waals surface area contributed by atoms with Crippen molar-refractivity contribution >= 4 is 33.1 Å². The Morgan fingerprint density at radius 1 is 1.05 bits per heavy atom. The van der Waals surface area contributed by atoms with Crippen LogP contribution in [0.5, 0.6) is 0 Å². The van der Waals surface area contributed by atoms with Crippen molar-refractivity contribution in [3.8, 4) is 0 Å². The quantitative estimate of drug-likeness (QED) is 0.544. The predicted octanol–water partition coefficient (Wildman–Crippen LogP) is 2.79. The van der Waals surface area contributed by atoms with Gasteiger partial charge >= 0.3 is 0 Å². The summed E-state index contributed by atoms with van der Waals surface area (Å²) >= 11 is 0. The van der Waals surface area contributed by atoms with E-state index < -0.39 is 10.0 Å². The third kappa shape index (κ3) is 4.41. The third-order valence-electron chi connectivity index (χ3n) is 8.00. The third-order valence-corrected chi connectivity index (χ3v) is 9.86.